The maximum absolute atomic E-state index is 4.54. The van der Waals surface area contributed by atoms with E-state index in [1.165, 1.54) is 37.9 Å². The molecule has 0 aliphatic carbocycles. The topological polar surface area (TPSA) is 0 Å². The average Bonchev–Trinajstić information content (AvgIpc) is 2.53. The van der Waals surface area contributed by atoms with Crippen molar-refractivity contribution in [2.75, 3.05) is 0 Å². The van der Waals surface area contributed by atoms with Crippen LogP contribution in [0.3, 0.4) is 0 Å². The summed E-state index contributed by atoms with van der Waals surface area (Å²) >= 11 is 4.54. The Bertz CT molecular complexity index is 938. The van der Waals surface area contributed by atoms with Crippen molar-refractivity contribution in [2.45, 2.75) is 5.75 Å². The molecule has 0 nitrogen and oxygen atoms in total. The van der Waals surface area contributed by atoms with Gasteiger partial charge in [0, 0.05) is 5.75 Å². The maximum Gasteiger partial charge on any atom is 0.0160 e. The monoisotopic (exact) mass is 274 g/mol. The second-order valence-electron chi connectivity index (χ2n) is 5.12. The first kappa shape index (κ1) is 11.8. The molecule has 4 aromatic rings. The fourth-order valence-electron chi connectivity index (χ4n) is 3.09. The minimum atomic E-state index is 0.759. The molecule has 96 valence electrons. The van der Waals surface area contributed by atoms with Gasteiger partial charge in [-0.15, -0.1) is 0 Å². The molecule has 0 aliphatic rings. The van der Waals surface area contributed by atoms with Crippen LogP contribution in [-0.2, 0) is 5.75 Å². The summed E-state index contributed by atoms with van der Waals surface area (Å²) in [6.07, 6.45) is 0. The van der Waals surface area contributed by atoms with Gasteiger partial charge in [-0.3, -0.25) is 0 Å². The minimum absolute atomic E-state index is 0.759. The molecule has 0 amide bonds. The molecule has 4 aromatic carbocycles. The fourth-order valence-corrected chi connectivity index (χ4v) is 3.34. The van der Waals surface area contributed by atoms with Gasteiger partial charge in [0.2, 0.25) is 0 Å². The molecule has 0 bridgehead atoms. The standard InChI is InChI=1S/C19H14S/c20-12-15-11-14-6-2-3-7-16(14)18-10-9-13-5-1-4-8-17(13)19(15)18/h1-11,20H,12H2. The third-order valence-electron chi connectivity index (χ3n) is 4.00. The lowest BCUT2D eigenvalue weighted by molar-refractivity contribution is 1.51. The fraction of sp³-hybridized carbons (Fsp3) is 0.0526. The first-order valence-corrected chi connectivity index (χ1v) is 7.44. The SMILES string of the molecule is SCc1cc2ccccc2c2ccc3ccccc3c12. The van der Waals surface area contributed by atoms with E-state index in [1.54, 1.807) is 0 Å². The van der Waals surface area contributed by atoms with E-state index in [2.05, 4.69) is 79.4 Å². The zero-order valence-electron chi connectivity index (χ0n) is 11.0. The number of hydrogen-bond acceptors (Lipinski definition) is 1. The maximum atomic E-state index is 4.54. The predicted octanol–water partition coefficient (Wildman–Crippen LogP) is 5.58. The van der Waals surface area contributed by atoms with E-state index in [-0.39, 0.29) is 0 Å². The molecule has 0 saturated carbocycles. The Labute approximate surface area is 123 Å². The first-order valence-electron chi connectivity index (χ1n) is 6.81. The van der Waals surface area contributed by atoms with Gasteiger partial charge in [0.25, 0.3) is 0 Å². The van der Waals surface area contributed by atoms with Crippen LogP contribution in [0.1, 0.15) is 5.56 Å². The van der Waals surface area contributed by atoms with Crippen LogP contribution < -0.4 is 0 Å². The van der Waals surface area contributed by atoms with Crippen molar-refractivity contribution in [2.24, 2.45) is 0 Å². The number of hydrogen-bond donors (Lipinski definition) is 1. The predicted molar refractivity (Wildman–Crippen MR) is 91.7 cm³/mol. The molecule has 0 aliphatic heterocycles. The van der Waals surface area contributed by atoms with Crippen LogP contribution in [0.2, 0.25) is 0 Å². The van der Waals surface area contributed by atoms with Crippen molar-refractivity contribution in [1.82, 2.24) is 0 Å². The van der Waals surface area contributed by atoms with E-state index in [9.17, 15) is 0 Å². The quantitative estimate of drug-likeness (QED) is 0.340. The largest absolute Gasteiger partial charge is 0.175 e. The van der Waals surface area contributed by atoms with Crippen molar-refractivity contribution < 1.29 is 0 Å². The van der Waals surface area contributed by atoms with E-state index in [0.29, 0.717) is 0 Å². The zero-order chi connectivity index (χ0) is 13.5. The van der Waals surface area contributed by atoms with E-state index >= 15 is 0 Å². The van der Waals surface area contributed by atoms with Gasteiger partial charge >= 0.3 is 0 Å². The number of benzene rings is 4. The highest BCUT2D eigenvalue weighted by Crippen LogP contribution is 2.34. The van der Waals surface area contributed by atoms with Crippen LogP contribution in [0.5, 0.6) is 0 Å². The van der Waals surface area contributed by atoms with Gasteiger partial charge in [-0.25, -0.2) is 0 Å². The highest BCUT2D eigenvalue weighted by Gasteiger charge is 2.08. The van der Waals surface area contributed by atoms with Gasteiger partial charge in [0.1, 0.15) is 0 Å². The van der Waals surface area contributed by atoms with Gasteiger partial charge in [-0.2, -0.15) is 12.6 Å². The Hall–Kier alpha value is -1.99. The van der Waals surface area contributed by atoms with E-state index in [0.717, 1.165) is 5.75 Å². The molecule has 0 unspecified atom stereocenters. The van der Waals surface area contributed by atoms with Gasteiger partial charge in [-0.05, 0) is 43.9 Å². The van der Waals surface area contributed by atoms with Crippen LogP contribution in [-0.4, -0.2) is 0 Å². The van der Waals surface area contributed by atoms with E-state index in [4.69, 9.17) is 0 Å². The summed E-state index contributed by atoms with van der Waals surface area (Å²) in [7, 11) is 0. The van der Waals surface area contributed by atoms with Crippen LogP contribution >= 0.6 is 12.6 Å². The third kappa shape index (κ3) is 1.63. The number of rotatable bonds is 1. The molecule has 0 heterocycles. The van der Waals surface area contributed by atoms with Crippen molar-refractivity contribution in [3.8, 4) is 0 Å². The lowest BCUT2D eigenvalue weighted by Crippen LogP contribution is -1.87. The molecule has 0 radical (unpaired) electrons. The zero-order valence-corrected chi connectivity index (χ0v) is 11.9. The molecule has 0 fully saturated rings. The molecule has 0 aromatic heterocycles. The molecular weight excluding hydrogens is 260 g/mol. The minimum Gasteiger partial charge on any atom is -0.175 e. The second-order valence-corrected chi connectivity index (χ2v) is 5.44. The van der Waals surface area contributed by atoms with E-state index in [1.807, 2.05) is 0 Å². The van der Waals surface area contributed by atoms with E-state index < -0.39 is 0 Å². The molecule has 4 rings (SSSR count). The van der Waals surface area contributed by atoms with Gasteiger partial charge in [0.05, 0.1) is 0 Å². The molecule has 0 saturated heterocycles. The highest BCUT2D eigenvalue weighted by atomic mass is 32.1. The number of fused-ring (bicyclic) bond motifs is 5. The Morgan fingerprint density at radius 1 is 0.650 bits per heavy atom. The summed E-state index contributed by atoms with van der Waals surface area (Å²) in [4.78, 5) is 0. The van der Waals surface area contributed by atoms with Crippen LogP contribution in [0, 0.1) is 0 Å². The smallest absolute Gasteiger partial charge is 0.0160 e. The lowest BCUT2D eigenvalue weighted by atomic mass is 9.93. The Kier molecular flexibility index (Phi) is 2.68. The molecule has 0 N–H and O–H groups in total. The summed E-state index contributed by atoms with van der Waals surface area (Å²) < 4.78 is 0. The Morgan fingerprint density at radius 3 is 2.15 bits per heavy atom. The van der Waals surface area contributed by atoms with Gasteiger partial charge in [0.15, 0.2) is 0 Å². The van der Waals surface area contributed by atoms with Crippen LogP contribution in [0.15, 0.2) is 66.7 Å². The summed E-state index contributed by atoms with van der Waals surface area (Å²) in [5, 5.41) is 7.89. The van der Waals surface area contributed by atoms with Crippen LogP contribution in [0.25, 0.3) is 32.3 Å². The summed E-state index contributed by atoms with van der Waals surface area (Å²) in [5.74, 6) is 0.759. The van der Waals surface area contributed by atoms with Crippen molar-refractivity contribution in [3.63, 3.8) is 0 Å². The molecule has 0 spiro atoms. The first-order chi connectivity index (χ1) is 9.88. The van der Waals surface area contributed by atoms with Crippen molar-refractivity contribution in [1.29, 1.82) is 0 Å². The van der Waals surface area contributed by atoms with Gasteiger partial charge < -0.3 is 0 Å². The Balaban J connectivity index is 2.33. The van der Waals surface area contributed by atoms with Crippen LogP contribution in [0.4, 0.5) is 0 Å². The van der Waals surface area contributed by atoms with Crippen molar-refractivity contribution >= 4 is 44.9 Å². The average molecular weight is 274 g/mol. The third-order valence-corrected chi connectivity index (χ3v) is 4.34. The lowest BCUT2D eigenvalue weighted by Gasteiger charge is -2.12. The molecule has 0 atom stereocenters. The summed E-state index contributed by atoms with van der Waals surface area (Å²) in [6, 6.07) is 23.9. The molecular formula is C19H14S. The Morgan fingerprint density at radius 2 is 1.35 bits per heavy atom. The van der Waals surface area contributed by atoms with Gasteiger partial charge in [-0.1, -0.05) is 60.7 Å². The van der Waals surface area contributed by atoms with Crippen molar-refractivity contribution in [3.05, 3.63) is 72.3 Å². The molecule has 20 heavy (non-hydrogen) atoms. The summed E-state index contributed by atoms with van der Waals surface area (Å²) in [5.41, 5.74) is 1.30. The second kappa shape index (κ2) is 4.53. The normalized spacial score (nSPS) is 11.4. The molecule has 1 heteroatoms. The summed E-state index contributed by atoms with van der Waals surface area (Å²) in [6.45, 7) is 0. The highest BCUT2D eigenvalue weighted by molar-refractivity contribution is 7.79. The number of thiol groups is 1.